The van der Waals surface area contributed by atoms with Crippen LogP contribution in [0.5, 0.6) is 0 Å². The van der Waals surface area contributed by atoms with Gasteiger partial charge in [0.25, 0.3) is 0 Å². The van der Waals surface area contributed by atoms with Gasteiger partial charge in [0.1, 0.15) is 0 Å². The number of rotatable bonds is 7. The van der Waals surface area contributed by atoms with Crippen molar-refractivity contribution >= 4 is 17.6 Å². The predicted molar refractivity (Wildman–Crippen MR) is 105 cm³/mol. The van der Waals surface area contributed by atoms with Gasteiger partial charge in [0, 0.05) is 25.8 Å². The number of likely N-dealkylation sites (N-methyl/N-ethyl adjacent to an activating group) is 1. The quantitative estimate of drug-likeness (QED) is 0.801. The van der Waals surface area contributed by atoms with E-state index in [1.54, 1.807) is 19.0 Å². The first-order chi connectivity index (χ1) is 12.4. The van der Waals surface area contributed by atoms with Crippen LogP contribution >= 0.6 is 0 Å². The molecule has 2 N–H and O–H groups in total. The third kappa shape index (κ3) is 6.59. The van der Waals surface area contributed by atoms with Gasteiger partial charge in [0.15, 0.2) is 0 Å². The summed E-state index contributed by atoms with van der Waals surface area (Å²) in [6, 6.07) is 17.4. The van der Waals surface area contributed by atoms with E-state index < -0.39 is 0 Å². The Hall–Kier alpha value is -2.82. The van der Waals surface area contributed by atoms with Crippen LogP contribution in [0.15, 0.2) is 54.6 Å². The molecule has 0 fully saturated rings. The molecule has 0 radical (unpaired) electrons. The zero-order valence-corrected chi connectivity index (χ0v) is 15.7. The van der Waals surface area contributed by atoms with E-state index in [-0.39, 0.29) is 18.0 Å². The maximum atomic E-state index is 12.1. The third-order valence-corrected chi connectivity index (χ3v) is 4.15. The Balaban J connectivity index is 1.77. The largest absolute Gasteiger partial charge is 0.349 e. The van der Waals surface area contributed by atoms with E-state index in [4.69, 9.17) is 0 Å². The number of benzene rings is 2. The molecule has 0 unspecified atom stereocenters. The molecule has 0 aliphatic heterocycles. The lowest BCUT2D eigenvalue weighted by molar-refractivity contribution is -0.127. The number of urea groups is 1. The maximum absolute atomic E-state index is 12.1. The maximum Gasteiger partial charge on any atom is 0.319 e. The van der Waals surface area contributed by atoms with Crippen LogP contribution < -0.4 is 10.6 Å². The van der Waals surface area contributed by atoms with Crippen molar-refractivity contribution in [3.63, 3.8) is 0 Å². The highest BCUT2D eigenvalue weighted by Gasteiger charge is 2.09. The van der Waals surface area contributed by atoms with Crippen molar-refractivity contribution in [1.29, 1.82) is 0 Å². The zero-order valence-electron chi connectivity index (χ0n) is 15.7. The Morgan fingerprint density at radius 1 is 0.962 bits per heavy atom. The summed E-state index contributed by atoms with van der Waals surface area (Å²) in [5, 5.41) is 5.78. The molecule has 138 valence electrons. The molecular formula is C21H27N3O2. The summed E-state index contributed by atoms with van der Waals surface area (Å²) < 4.78 is 0. The molecule has 0 aromatic heterocycles. The highest BCUT2D eigenvalue weighted by molar-refractivity contribution is 5.89. The Labute approximate surface area is 155 Å². The summed E-state index contributed by atoms with van der Waals surface area (Å²) in [7, 11) is 3.48. The van der Waals surface area contributed by atoms with Gasteiger partial charge in [-0.15, -0.1) is 0 Å². The smallest absolute Gasteiger partial charge is 0.319 e. The number of hydrogen-bond donors (Lipinski definition) is 2. The Morgan fingerprint density at radius 2 is 1.62 bits per heavy atom. The van der Waals surface area contributed by atoms with Crippen LogP contribution in [0.1, 0.15) is 24.5 Å². The molecule has 5 heteroatoms. The molecule has 2 aromatic carbocycles. The van der Waals surface area contributed by atoms with Crippen molar-refractivity contribution in [2.24, 2.45) is 0 Å². The van der Waals surface area contributed by atoms with Gasteiger partial charge in [-0.1, -0.05) is 42.5 Å². The number of nitrogens with zero attached hydrogens (tertiary/aromatic N) is 1. The summed E-state index contributed by atoms with van der Waals surface area (Å²) >= 11 is 0. The number of carbonyl (C=O) groups excluding carboxylic acids is 2. The van der Waals surface area contributed by atoms with E-state index in [2.05, 4.69) is 22.8 Å². The molecule has 0 heterocycles. The number of anilines is 1. The van der Waals surface area contributed by atoms with Gasteiger partial charge in [-0.25, -0.2) is 4.79 Å². The van der Waals surface area contributed by atoms with Crippen molar-refractivity contribution < 1.29 is 9.59 Å². The number of hydrogen-bond acceptors (Lipinski definition) is 2. The van der Waals surface area contributed by atoms with E-state index in [0.29, 0.717) is 12.1 Å². The predicted octanol–water partition coefficient (Wildman–Crippen LogP) is 3.46. The van der Waals surface area contributed by atoms with E-state index in [1.807, 2.05) is 49.4 Å². The zero-order chi connectivity index (χ0) is 18.9. The summed E-state index contributed by atoms with van der Waals surface area (Å²) in [6.45, 7) is 2.00. The molecule has 5 nitrogen and oxygen atoms in total. The second-order valence-electron chi connectivity index (χ2n) is 6.69. The van der Waals surface area contributed by atoms with Gasteiger partial charge in [0.2, 0.25) is 5.91 Å². The molecule has 2 aromatic rings. The van der Waals surface area contributed by atoms with Gasteiger partial charge in [-0.05, 0) is 43.0 Å². The Morgan fingerprint density at radius 3 is 2.23 bits per heavy atom. The molecule has 0 saturated carbocycles. The first-order valence-corrected chi connectivity index (χ1v) is 8.84. The topological polar surface area (TPSA) is 61.4 Å². The minimum atomic E-state index is -0.220. The molecule has 0 spiro atoms. The number of nitrogens with one attached hydrogen (secondary N) is 2. The van der Waals surface area contributed by atoms with E-state index >= 15 is 0 Å². The van der Waals surface area contributed by atoms with Crippen LogP contribution in [0.25, 0.3) is 0 Å². The van der Waals surface area contributed by atoms with Gasteiger partial charge in [0.05, 0.1) is 6.42 Å². The van der Waals surface area contributed by atoms with Gasteiger partial charge < -0.3 is 15.5 Å². The molecule has 0 aliphatic rings. The normalized spacial score (nSPS) is 11.5. The van der Waals surface area contributed by atoms with Crippen LogP contribution in [0.3, 0.4) is 0 Å². The fourth-order valence-corrected chi connectivity index (χ4v) is 2.53. The van der Waals surface area contributed by atoms with Crippen molar-refractivity contribution in [3.05, 3.63) is 65.7 Å². The lowest BCUT2D eigenvalue weighted by Gasteiger charge is -2.15. The summed E-state index contributed by atoms with van der Waals surface area (Å²) in [6.07, 6.45) is 2.16. The number of amides is 3. The molecule has 0 bridgehead atoms. The first kappa shape index (κ1) is 19.5. The summed E-state index contributed by atoms with van der Waals surface area (Å²) in [5.41, 5.74) is 2.90. The van der Waals surface area contributed by atoms with Crippen LogP contribution in [0.4, 0.5) is 10.5 Å². The standard InChI is InChI=1S/C21H27N3O2/c1-16(9-10-17-7-5-4-6-8-17)22-21(26)23-19-13-11-18(12-14-19)15-20(25)24(2)3/h4-8,11-14,16H,9-10,15H2,1-3H3,(H2,22,23,26)/t16-/m1/s1. The van der Waals surface area contributed by atoms with Crippen LogP contribution in [-0.4, -0.2) is 37.0 Å². The van der Waals surface area contributed by atoms with Crippen molar-refractivity contribution in [2.75, 3.05) is 19.4 Å². The average Bonchev–Trinajstić information content (AvgIpc) is 2.62. The number of carbonyl (C=O) groups is 2. The van der Waals surface area contributed by atoms with Crippen molar-refractivity contribution in [2.45, 2.75) is 32.2 Å². The molecule has 3 amide bonds. The SMILES string of the molecule is C[C@H](CCc1ccccc1)NC(=O)Nc1ccc(CC(=O)N(C)C)cc1. The highest BCUT2D eigenvalue weighted by atomic mass is 16.2. The second-order valence-corrected chi connectivity index (χ2v) is 6.69. The molecular weight excluding hydrogens is 326 g/mol. The molecule has 2 rings (SSSR count). The third-order valence-electron chi connectivity index (χ3n) is 4.15. The summed E-state index contributed by atoms with van der Waals surface area (Å²) in [4.78, 5) is 25.4. The van der Waals surface area contributed by atoms with E-state index in [0.717, 1.165) is 18.4 Å². The fraction of sp³-hybridized carbons (Fsp3) is 0.333. The first-order valence-electron chi connectivity index (χ1n) is 8.84. The lowest BCUT2D eigenvalue weighted by Crippen LogP contribution is -2.36. The minimum absolute atomic E-state index is 0.0516. The molecule has 0 saturated heterocycles. The second kappa shape index (κ2) is 9.61. The van der Waals surface area contributed by atoms with Crippen LogP contribution in [0, 0.1) is 0 Å². The fourth-order valence-electron chi connectivity index (χ4n) is 2.53. The van der Waals surface area contributed by atoms with Crippen molar-refractivity contribution in [3.8, 4) is 0 Å². The Bertz CT molecular complexity index is 712. The van der Waals surface area contributed by atoms with Crippen LogP contribution in [0.2, 0.25) is 0 Å². The van der Waals surface area contributed by atoms with Crippen molar-refractivity contribution in [1.82, 2.24) is 10.2 Å². The average molecular weight is 353 g/mol. The molecule has 26 heavy (non-hydrogen) atoms. The minimum Gasteiger partial charge on any atom is -0.349 e. The number of aryl methyl sites for hydroxylation is 1. The van der Waals surface area contributed by atoms with Crippen LogP contribution in [-0.2, 0) is 17.6 Å². The van der Waals surface area contributed by atoms with E-state index in [9.17, 15) is 9.59 Å². The van der Waals surface area contributed by atoms with Gasteiger partial charge in [-0.3, -0.25) is 4.79 Å². The lowest BCUT2D eigenvalue weighted by atomic mass is 10.1. The molecule has 0 aliphatic carbocycles. The summed E-state index contributed by atoms with van der Waals surface area (Å²) in [5.74, 6) is 0.0516. The van der Waals surface area contributed by atoms with Gasteiger partial charge in [-0.2, -0.15) is 0 Å². The Kier molecular flexibility index (Phi) is 7.21. The molecule has 1 atom stereocenters. The highest BCUT2D eigenvalue weighted by Crippen LogP contribution is 2.11. The van der Waals surface area contributed by atoms with E-state index in [1.165, 1.54) is 5.56 Å². The van der Waals surface area contributed by atoms with Gasteiger partial charge >= 0.3 is 6.03 Å². The monoisotopic (exact) mass is 353 g/mol.